The summed E-state index contributed by atoms with van der Waals surface area (Å²) in [7, 11) is 0. The van der Waals surface area contributed by atoms with E-state index in [9.17, 15) is 0 Å². The first-order valence-electron chi connectivity index (χ1n) is 4.43. The summed E-state index contributed by atoms with van der Waals surface area (Å²) >= 11 is 9.06. The van der Waals surface area contributed by atoms with Crippen LogP contribution in [0.5, 0.6) is 11.6 Å². The second-order valence-electron chi connectivity index (χ2n) is 3.02. The number of aryl methyl sites for hydroxylation is 1. The van der Waals surface area contributed by atoms with Gasteiger partial charge in [0.1, 0.15) is 16.5 Å². The highest BCUT2D eigenvalue weighted by molar-refractivity contribution is 9.10. The van der Waals surface area contributed by atoms with Gasteiger partial charge in [0.05, 0.1) is 6.20 Å². The van der Waals surface area contributed by atoms with Crippen LogP contribution in [0, 0.1) is 6.92 Å². The zero-order valence-corrected chi connectivity index (χ0v) is 10.7. The van der Waals surface area contributed by atoms with Gasteiger partial charge in [-0.2, -0.15) is 0 Å². The molecule has 0 bridgehead atoms. The average Bonchev–Trinajstić information content (AvgIpc) is 2.28. The Bertz CT molecular complexity index is 504. The Morgan fingerprint density at radius 1 is 1.25 bits per heavy atom. The lowest BCUT2D eigenvalue weighted by molar-refractivity contribution is 0.455. The normalized spacial score (nSPS) is 10.2. The smallest absolute Gasteiger partial charge is 0.238 e. The summed E-state index contributed by atoms with van der Waals surface area (Å²) in [5.74, 6) is 0.965. The van der Waals surface area contributed by atoms with Crippen molar-refractivity contribution in [3.8, 4) is 11.6 Å². The predicted octanol–water partition coefficient (Wildman–Crippen LogP) is 3.39. The van der Waals surface area contributed by atoms with Crippen molar-refractivity contribution in [1.82, 2.24) is 15.0 Å². The monoisotopic (exact) mass is 299 g/mol. The second kappa shape index (κ2) is 4.76. The zero-order valence-electron chi connectivity index (χ0n) is 8.32. The minimum Gasteiger partial charge on any atom is -0.436 e. The first-order valence-corrected chi connectivity index (χ1v) is 5.60. The largest absolute Gasteiger partial charge is 0.436 e. The number of nitrogens with zero attached hydrogens (tertiary/aromatic N) is 3. The Kier molecular flexibility index (Phi) is 3.36. The molecule has 2 aromatic rings. The Hall–Kier alpha value is -1.20. The minimum atomic E-state index is 0.310. The molecular weight excluding hydrogens is 293 g/mol. The Morgan fingerprint density at radius 3 is 2.75 bits per heavy atom. The molecule has 2 heterocycles. The van der Waals surface area contributed by atoms with E-state index in [-0.39, 0.29) is 0 Å². The van der Waals surface area contributed by atoms with Gasteiger partial charge >= 0.3 is 0 Å². The molecule has 0 spiro atoms. The number of hydrogen-bond donors (Lipinski definition) is 0. The van der Waals surface area contributed by atoms with Crippen LogP contribution in [0.1, 0.15) is 5.69 Å². The summed E-state index contributed by atoms with van der Waals surface area (Å²) < 4.78 is 6.03. The third-order valence-corrected chi connectivity index (χ3v) is 3.04. The highest BCUT2D eigenvalue weighted by Gasteiger charge is 2.08. The third kappa shape index (κ3) is 2.48. The fourth-order valence-corrected chi connectivity index (χ4v) is 1.44. The molecule has 0 aliphatic heterocycles. The Labute approximate surface area is 106 Å². The molecule has 0 radical (unpaired) electrons. The van der Waals surface area contributed by atoms with Gasteiger partial charge < -0.3 is 4.74 Å². The van der Waals surface area contributed by atoms with Gasteiger partial charge in [0.25, 0.3) is 0 Å². The van der Waals surface area contributed by atoms with E-state index in [0.29, 0.717) is 21.3 Å². The van der Waals surface area contributed by atoms with Crippen molar-refractivity contribution >= 4 is 27.5 Å². The van der Waals surface area contributed by atoms with Crippen LogP contribution in [0.15, 0.2) is 29.1 Å². The summed E-state index contributed by atoms with van der Waals surface area (Å²) in [6, 6.07) is 3.66. The number of aromatic nitrogens is 3. The fourth-order valence-electron chi connectivity index (χ4n) is 1.03. The molecular formula is C10H7BrClN3O. The first-order chi connectivity index (χ1) is 7.66. The average molecular weight is 301 g/mol. The van der Waals surface area contributed by atoms with Gasteiger partial charge in [-0.3, -0.25) is 4.98 Å². The first kappa shape index (κ1) is 11.3. The van der Waals surface area contributed by atoms with Crippen LogP contribution in [0.25, 0.3) is 0 Å². The molecule has 0 saturated carbocycles. The van der Waals surface area contributed by atoms with E-state index in [1.165, 1.54) is 6.33 Å². The van der Waals surface area contributed by atoms with E-state index >= 15 is 0 Å². The maximum atomic E-state index is 5.81. The maximum absolute atomic E-state index is 5.81. The van der Waals surface area contributed by atoms with E-state index in [1.54, 1.807) is 6.20 Å². The molecule has 16 heavy (non-hydrogen) atoms. The van der Waals surface area contributed by atoms with Gasteiger partial charge in [0.2, 0.25) is 5.88 Å². The molecule has 0 atom stereocenters. The quantitative estimate of drug-likeness (QED) is 0.798. The zero-order chi connectivity index (χ0) is 11.5. The van der Waals surface area contributed by atoms with Crippen LogP contribution in [0.3, 0.4) is 0 Å². The Balaban J connectivity index is 2.27. The van der Waals surface area contributed by atoms with Crippen molar-refractivity contribution < 1.29 is 4.74 Å². The van der Waals surface area contributed by atoms with Gasteiger partial charge in [0.15, 0.2) is 5.15 Å². The van der Waals surface area contributed by atoms with Crippen molar-refractivity contribution in [2.75, 3.05) is 0 Å². The highest BCUT2D eigenvalue weighted by atomic mass is 79.9. The van der Waals surface area contributed by atoms with Crippen LogP contribution in [0.2, 0.25) is 5.15 Å². The van der Waals surface area contributed by atoms with E-state index < -0.39 is 0 Å². The van der Waals surface area contributed by atoms with Crippen LogP contribution >= 0.6 is 27.5 Å². The van der Waals surface area contributed by atoms with Crippen molar-refractivity contribution in [1.29, 1.82) is 0 Å². The van der Waals surface area contributed by atoms with E-state index in [2.05, 4.69) is 30.9 Å². The standard InChI is InChI=1S/C10H7BrClN3O/c1-6-2-3-7(4-13-6)16-10-8(11)9(12)14-5-15-10/h2-5H,1H3. The van der Waals surface area contributed by atoms with Crippen LogP contribution in [-0.2, 0) is 0 Å². The SMILES string of the molecule is Cc1ccc(Oc2ncnc(Cl)c2Br)cn1. The molecule has 2 aromatic heterocycles. The lowest BCUT2D eigenvalue weighted by Crippen LogP contribution is -1.92. The lowest BCUT2D eigenvalue weighted by atomic mass is 10.4. The minimum absolute atomic E-state index is 0.310. The van der Waals surface area contributed by atoms with Crippen LogP contribution in [-0.4, -0.2) is 15.0 Å². The molecule has 6 heteroatoms. The van der Waals surface area contributed by atoms with E-state index in [4.69, 9.17) is 16.3 Å². The second-order valence-corrected chi connectivity index (χ2v) is 4.17. The van der Waals surface area contributed by atoms with Crippen molar-refractivity contribution in [2.24, 2.45) is 0 Å². The molecule has 0 fully saturated rings. The molecule has 0 saturated heterocycles. The van der Waals surface area contributed by atoms with Crippen molar-refractivity contribution in [3.63, 3.8) is 0 Å². The summed E-state index contributed by atoms with van der Waals surface area (Å²) in [6.45, 7) is 1.90. The molecule has 0 aromatic carbocycles. The summed E-state index contributed by atoms with van der Waals surface area (Å²) in [5, 5.41) is 0.310. The molecule has 0 N–H and O–H groups in total. The van der Waals surface area contributed by atoms with Crippen LogP contribution in [0.4, 0.5) is 0 Å². The Morgan fingerprint density at radius 2 is 2.06 bits per heavy atom. The summed E-state index contributed by atoms with van der Waals surface area (Å²) in [5.41, 5.74) is 0.923. The van der Waals surface area contributed by atoms with E-state index in [1.807, 2.05) is 19.1 Å². The molecule has 0 aliphatic rings. The van der Waals surface area contributed by atoms with Crippen LogP contribution < -0.4 is 4.74 Å². The van der Waals surface area contributed by atoms with Gasteiger partial charge in [-0.25, -0.2) is 9.97 Å². The topological polar surface area (TPSA) is 47.9 Å². The molecule has 0 aliphatic carbocycles. The van der Waals surface area contributed by atoms with Crippen molar-refractivity contribution in [2.45, 2.75) is 6.92 Å². The van der Waals surface area contributed by atoms with Gasteiger partial charge in [-0.15, -0.1) is 0 Å². The predicted molar refractivity (Wildman–Crippen MR) is 63.8 cm³/mol. The number of ether oxygens (including phenoxy) is 1. The highest BCUT2D eigenvalue weighted by Crippen LogP contribution is 2.31. The van der Waals surface area contributed by atoms with E-state index in [0.717, 1.165) is 5.69 Å². The lowest BCUT2D eigenvalue weighted by Gasteiger charge is -2.06. The number of rotatable bonds is 2. The fraction of sp³-hybridized carbons (Fsp3) is 0.100. The maximum Gasteiger partial charge on any atom is 0.238 e. The molecule has 82 valence electrons. The number of hydrogen-bond acceptors (Lipinski definition) is 4. The summed E-state index contributed by atoms with van der Waals surface area (Å²) in [6.07, 6.45) is 2.96. The van der Waals surface area contributed by atoms with Crippen molar-refractivity contribution in [3.05, 3.63) is 40.0 Å². The summed E-state index contributed by atoms with van der Waals surface area (Å²) in [4.78, 5) is 11.9. The number of pyridine rings is 1. The third-order valence-electron chi connectivity index (χ3n) is 1.81. The molecule has 2 rings (SSSR count). The molecule has 4 nitrogen and oxygen atoms in total. The molecule has 0 unspecified atom stereocenters. The van der Waals surface area contributed by atoms with Gasteiger partial charge in [0, 0.05) is 5.69 Å². The molecule has 0 amide bonds. The van der Waals surface area contributed by atoms with Gasteiger partial charge in [-0.05, 0) is 35.0 Å². The number of halogens is 2. The van der Waals surface area contributed by atoms with Gasteiger partial charge in [-0.1, -0.05) is 11.6 Å².